The second kappa shape index (κ2) is 8.67. The zero-order chi connectivity index (χ0) is 23.2. The molecule has 0 aliphatic carbocycles. The number of hydrazine groups is 1. The Morgan fingerprint density at radius 1 is 1.18 bits per heavy atom. The van der Waals surface area contributed by atoms with Crippen molar-refractivity contribution in [2.24, 2.45) is 5.10 Å². The summed E-state index contributed by atoms with van der Waals surface area (Å²) in [5, 5.41) is 7.67. The monoisotopic (exact) mass is 474 g/mol. The summed E-state index contributed by atoms with van der Waals surface area (Å²) in [4.78, 5) is 17.2. The highest BCUT2D eigenvalue weighted by atomic mass is 32.2. The van der Waals surface area contributed by atoms with Gasteiger partial charge >= 0.3 is 0 Å². The maximum absolute atomic E-state index is 13.1. The molecule has 176 valence electrons. The number of amidine groups is 1. The molecule has 0 spiro atoms. The fourth-order valence-corrected chi connectivity index (χ4v) is 6.33. The number of rotatable bonds is 3. The number of hydrogen-bond donors (Lipinski definition) is 2. The minimum Gasteiger partial charge on any atom is -0.311 e. The summed E-state index contributed by atoms with van der Waals surface area (Å²) in [5.74, 6) is 0.521. The summed E-state index contributed by atoms with van der Waals surface area (Å²) >= 11 is 1.51. The Balaban J connectivity index is 1.11. The molecule has 1 saturated heterocycles. The number of fused-ring (bicyclic) bond motifs is 4. The number of amides is 1. The molecule has 3 unspecified atom stereocenters. The van der Waals surface area contributed by atoms with Crippen LogP contribution in [0.1, 0.15) is 41.1 Å². The van der Waals surface area contributed by atoms with E-state index in [0.29, 0.717) is 5.75 Å². The van der Waals surface area contributed by atoms with Crippen LogP contribution < -0.4 is 15.8 Å². The van der Waals surface area contributed by atoms with Gasteiger partial charge in [0.15, 0.2) is 5.17 Å². The van der Waals surface area contributed by atoms with Crippen LogP contribution in [-0.2, 0) is 11.2 Å². The van der Waals surface area contributed by atoms with E-state index < -0.39 is 0 Å². The number of anilines is 1. The minimum atomic E-state index is 0.0564. The van der Waals surface area contributed by atoms with Crippen LogP contribution in [0.2, 0.25) is 0 Å². The van der Waals surface area contributed by atoms with Crippen LogP contribution in [0.3, 0.4) is 0 Å². The highest BCUT2D eigenvalue weighted by Gasteiger charge is 2.44. The quantitative estimate of drug-likeness (QED) is 0.709. The van der Waals surface area contributed by atoms with Crippen molar-refractivity contribution in [1.29, 1.82) is 0 Å². The molecule has 2 aromatic carbocycles. The fraction of sp³-hybridized carbons (Fsp3) is 0.385. The van der Waals surface area contributed by atoms with Gasteiger partial charge in [0.25, 0.3) is 0 Å². The topological polar surface area (TPSA) is 63.2 Å². The van der Waals surface area contributed by atoms with Gasteiger partial charge in [-0.3, -0.25) is 10.2 Å². The minimum absolute atomic E-state index is 0.0564. The number of nitrogens with zero attached hydrogens (tertiary/aromatic N) is 4. The van der Waals surface area contributed by atoms with Crippen LogP contribution in [0.15, 0.2) is 60.0 Å². The third-order valence-electron chi connectivity index (χ3n) is 7.25. The Labute approximate surface area is 204 Å². The lowest BCUT2D eigenvalue weighted by molar-refractivity contribution is -0.116. The first-order chi connectivity index (χ1) is 16.6. The standard InChI is InChI=1S/C26H30N6OS/c1-17-9-10-18(2)20(14-17)21-15-23-25-27-28-26(31(25)12-13-32(23)29-21)34-16-24(33)30-11-5-7-19-6-3-4-8-22(19)30/h3-4,6,8-10,12-14,21,23,25,27,29H,5,7,11,15-16H2,1-2H3. The second-order valence-corrected chi connectivity index (χ2v) is 10.4. The highest BCUT2D eigenvalue weighted by molar-refractivity contribution is 8.14. The summed E-state index contributed by atoms with van der Waals surface area (Å²) in [5.41, 5.74) is 13.3. The molecule has 1 fully saturated rings. The number of carbonyl (C=O) groups excluding carboxylic acids is 1. The lowest BCUT2D eigenvalue weighted by atomic mass is 9.95. The van der Waals surface area contributed by atoms with E-state index in [1.807, 2.05) is 11.0 Å². The molecule has 34 heavy (non-hydrogen) atoms. The van der Waals surface area contributed by atoms with Gasteiger partial charge in [-0.05, 0) is 55.9 Å². The predicted molar refractivity (Wildman–Crippen MR) is 137 cm³/mol. The molecular formula is C26H30N6OS. The van der Waals surface area contributed by atoms with E-state index in [1.165, 1.54) is 34.0 Å². The SMILES string of the molecule is Cc1ccc(C)c(C2CC3C4NN=C(SCC(=O)N5CCCc6ccccc65)N4C=CN3N2)c1. The maximum Gasteiger partial charge on any atom is 0.237 e. The summed E-state index contributed by atoms with van der Waals surface area (Å²) < 4.78 is 0. The molecule has 1 amide bonds. The van der Waals surface area contributed by atoms with Crippen molar-refractivity contribution >= 4 is 28.5 Å². The average molecular weight is 475 g/mol. The Morgan fingerprint density at radius 3 is 2.97 bits per heavy atom. The van der Waals surface area contributed by atoms with Gasteiger partial charge in [-0.25, -0.2) is 5.43 Å². The summed E-state index contributed by atoms with van der Waals surface area (Å²) in [6, 6.07) is 15.4. The number of nitrogens with one attached hydrogen (secondary N) is 2. The number of hydrogen-bond acceptors (Lipinski definition) is 7. The van der Waals surface area contributed by atoms with Crippen molar-refractivity contribution in [1.82, 2.24) is 20.8 Å². The van der Waals surface area contributed by atoms with Crippen molar-refractivity contribution in [3.63, 3.8) is 0 Å². The molecule has 8 heteroatoms. The largest absolute Gasteiger partial charge is 0.311 e. The number of thioether (sulfide) groups is 1. The molecular weight excluding hydrogens is 444 g/mol. The van der Waals surface area contributed by atoms with Crippen LogP contribution in [-0.4, -0.2) is 45.5 Å². The van der Waals surface area contributed by atoms with E-state index in [4.69, 9.17) is 0 Å². The van der Waals surface area contributed by atoms with E-state index in [0.717, 1.165) is 36.7 Å². The Hall–Kier alpha value is -2.97. The van der Waals surface area contributed by atoms with Gasteiger partial charge < -0.3 is 14.8 Å². The highest BCUT2D eigenvalue weighted by Crippen LogP contribution is 2.36. The van der Waals surface area contributed by atoms with E-state index >= 15 is 0 Å². The van der Waals surface area contributed by atoms with Gasteiger partial charge in [-0.1, -0.05) is 53.7 Å². The molecule has 6 rings (SSSR count). The van der Waals surface area contributed by atoms with Crippen molar-refractivity contribution in [2.45, 2.75) is 51.4 Å². The van der Waals surface area contributed by atoms with Crippen molar-refractivity contribution in [3.05, 3.63) is 77.1 Å². The molecule has 4 heterocycles. The van der Waals surface area contributed by atoms with Crippen LogP contribution in [0, 0.1) is 13.8 Å². The van der Waals surface area contributed by atoms with E-state index in [-0.39, 0.29) is 24.2 Å². The third-order valence-corrected chi connectivity index (χ3v) is 8.20. The van der Waals surface area contributed by atoms with E-state index in [1.54, 1.807) is 0 Å². The molecule has 7 nitrogen and oxygen atoms in total. The molecule has 0 bridgehead atoms. The van der Waals surface area contributed by atoms with Crippen molar-refractivity contribution < 1.29 is 4.79 Å². The van der Waals surface area contributed by atoms with Gasteiger partial charge in [0, 0.05) is 24.6 Å². The Bertz CT molecular complexity index is 1180. The van der Waals surface area contributed by atoms with Crippen LogP contribution in [0.5, 0.6) is 0 Å². The molecule has 0 saturated carbocycles. The van der Waals surface area contributed by atoms with Crippen LogP contribution in [0.4, 0.5) is 5.69 Å². The number of carbonyl (C=O) groups is 1. The zero-order valence-corrected chi connectivity index (χ0v) is 20.4. The molecule has 0 radical (unpaired) electrons. The number of aryl methyl sites for hydroxylation is 3. The van der Waals surface area contributed by atoms with Crippen LogP contribution in [0.25, 0.3) is 0 Å². The van der Waals surface area contributed by atoms with Crippen molar-refractivity contribution in [2.75, 3.05) is 17.2 Å². The molecule has 4 aliphatic rings. The van der Waals surface area contributed by atoms with Gasteiger partial charge in [0.1, 0.15) is 6.17 Å². The predicted octanol–water partition coefficient (Wildman–Crippen LogP) is 3.62. The van der Waals surface area contributed by atoms with Gasteiger partial charge in [-0.15, -0.1) is 0 Å². The normalized spacial score (nSPS) is 24.9. The second-order valence-electron chi connectivity index (χ2n) is 9.49. The Morgan fingerprint density at radius 2 is 2.06 bits per heavy atom. The van der Waals surface area contributed by atoms with E-state index in [9.17, 15) is 4.79 Å². The van der Waals surface area contributed by atoms with E-state index in [2.05, 4.69) is 88.5 Å². The molecule has 4 aliphatic heterocycles. The smallest absolute Gasteiger partial charge is 0.237 e. The lowest BCUT2D eigenvalue weighted by Crippen LogP contribution is -2.54. The number of para-hydroxylation sites is 1. The maximum atomic E-state index is 13.1. The third kappa shape index (κ3) is 3.75. The Kier molecular flexibility index (Phi) is 5.50. The summed E-state index contributed by atoms with van der Waals surface area (Å²) in [6.07, 6.45) is 7.25. The fourth-order valence-electron chi connectivity index (χ4n) is 5.49. The summed E-state index contributed by atoms with van der Waals surface area (Å²) in [6.45, 7) is 5.11. The molecule has 0 aromatic heterocycles. The van der Waals surface area contributed by atoms with Gasteiger partial charge in [0.05, 0.1) is 17.8 Å². The average Bonchev–Trinajstić information content (AvgIpc) is 3.47. The zero-order valence-electron chi connectivity index (χ0n) is 19.6. The number of hydrazone groups is 1. The summed E-state index contributed by atoms with van der Waals surface area (Å²) in [7, 11) is 0. The molecule has 3 atom stereocenters. The first-order valence-electron chi connectivity index (χ1n) is 12.0. The first kappa shape index (κ1) is 21.6. The van der Waals surface area contributed by atoms with Gasteiger partial charge in [0.2, 0.25) is 5.91 Å². The number of benzene rings is 2. The lowest BCUT2D eigenvalue weighted by Gasteiger charge is -2.36. The van der Waals surface area contributed by atoms with Crippen LogP contribution >= 0.6 is 11.8 Å². The van der Waals surface area contributed by atoms with Gasteiger partial charge in [-0.2, -0.15) is 5.10 Å². The first-order valence-corrected chi connectivity index (χ1v) is 13.0. The molecule has 2 aromatic rings. The molecule has 2 N–H and O–H groups in total. The van der Waals surface area contributed by atoms with Crippen molar-refractivity contribution in [3.8, 4) is 0 Å².